The second-order valence-electron chi connectivity index (χ2n) is 13.9. The fourth-order valence-electron chi connectivity index (χ4n) is 8.36. The van der Waals surface area contributed by atoms with Crippen molar-refractivity contribution in [1.82, 2.24) is 10.2 Å². The molecule has 0 radical (unpaired) electrons. The highest BCUT2D eigenvalue weighted by Gasteiger charge is 2.78. The molecule has 1 unspecified atom stereocenters. The number of nitrogens with zero attached hydrogens (tertiary/aromatic N) is 2. The van der Waals surface area contributed by atoms with Crippen molar-refractivity contribution >= 4 is 56.9 Å². The van der Waals surface area contributed by atoms with Crippen molar-refractivity contribution in [3.63, 3.8) is 0 Å². The predicted molar refractivity (Wildman–Crippen MR) is 211 cm³/mol. The molecule has 13 heteroatoms. The van der Waals surface area contributed by atoms with Gasteiger partial charge in [-0.15, -0.1) is 13.2 Å². The highest BCUT2D eigenvalue weighted by Crippen LogP contribution is 2.62. The van der Waals surface area contributed by atoms with Gasteiger partial charge in [0.05, 0.1) is 53.9 Å². The van der Waals surface area contributed by atoms with E-state index in [0.717, 1.165) is 0 Å². The zero-order valence-electron chi connectivity index (χ0n) is 30.5. The standard InChI is InChI=1S/C42H45BrClN3O8/c1-4-6-21-33(49)45-30(25-53-3)36(27-17-11-8-12-18-27)54-41(52)34-35-39(50)47(32(24-48)26-15-9-7-10-16-26)38(42(35)23-28(43)37(34)55-42)40(51)46(22-5-2)31-20-14-13-19-29(31)44/h4-5,7-20,28,30,32,34-38,48H,1-2,6,21-25H2,3H3,(H,45,49)/t28?,30-,32-,34+,35-,36-,37+,38+,42-/m1/s1. The number of carbonyl (C=O) groups excluding carboxylic acids is 4. The zero-order valence-corrected chi connectivity index (χ0v) is 32.8. The van der Waals surface area contributed by atoms with Gasteiger partial charge in [0.1, 0.15) is 17.7 Å². The number of benzene rings is 3. The Morgan fingerprint density at radius 1 is 1.05 bits per heavy atom. The second kappa shape index (κ2) is 17.6. The summed E-state index contributed by atoms with van der Waals surface area (Å²) in [4.78, 5) is 60.4. The summed E-state index contributed by atoms with van der Waals surface area (Å²) in [5, 5.41) is 14.2. The molecule has 0 saturated carbocycles. The Labute approximate surface area is 334 Å². The van der Waals surface area contributed by atoms with Crippen molar-refractivity contribution in [3.8, 4) is 0 Å². The molecule has 2 bridgehead atoms. The molecule has 2 N–H and O–H groups in total. The average Bonchev–Trinajstić information content (AvgIpc) is 3.79. The van der Waals surface area contributed by atoms with Gasteiger partial charge in [-0.2, -0.15) is 0 Å². The quantitative estimate of drug-likeness (QED) is 0.100. The number of hydrogen-bond acceptors (Lipinski definition) is 8. The van der Waals surface area contributed by atoms with Gasteiger partial charge in [0, 0.05) is 24.9 Å². The summed E-state index contributed by atoms with van der Waals surface area (Å²) in [5.41, 5.74) is 0.119. The van der Waals surface area contributed by atoms with Crippen LogP contribution >= 0.6 is 27.5 Å². The molecule has 3 fully saturated rings. The summed E-state index contributed by atoms with van der Waals surface area (Å²) in [6.45, 7) is 7.14. The molecule has 55 heavy (non-hydrogen) atoms. The lowest BCUT2D eigenvalue weighted by Crippen LogP contribution is -2.57. The number of methoxy groups -OCH3 is 1. The molecule has 1 spiro atoms. The van der Waals surface area contributed by atoms with Crippen molar-refractivity contribution < 1.29 is 38.5 Å². The summed E-state index contributed by atoms with van der Waals surface area (Å²) in [5.74, 6) is -4.33. The molecule has 0 aromatic heterocycles. The number of hydrogen-bond donors (Lipinski definition) is 2. The summed E-state index contributed by atoms with van der Waals surface area (Å²) in [6, 6.07) is 21.8. The van der Waals surface area contributed by atoms with E-state index in [1.54, 1.807) is 84.9 Å². The minimum Gasteiger partial charge on any atom is -0.455 e. The molecule has 6 rings (SSSR count). The first kappa shape index (κ1) is 40.3. The number of aliphatic hydroxyl groups is 1. The summed E-state index contributed by atoms with van der Waals surface area (Å²) < 4.78 is 18.7. The first-order valence-corrected chi connectivity index (χ1v) is 19.5. The van der Waals surface area contributed by atoms with Gasteiger partial charge >= 0.3 is 5.97 Å². The van der Waals surface area contributed by atoms with Gasteiger partial charge in [-0.3, -0.25) is 19.2 Å². The number of alkyl halides is 1. The number of anilines is 1. The topological polar surface area (TPSA) is 135 Å². The number of halogens is 2. The van der Waals surface area contributed by atoms with E-state index in [2.05, 4.69) is 34.4 Å². The van der Waals surface area contributed by atoms with Gasteiger partial charge in [0.2, 0.25) is 11.8 Å². The van der Waals surface area contributed by atoms with Crippen LogP contribution in [0.4, 0.5) is 5.69 Å². The molecule has 3 aromatic rings. The van der Waals surface area contributed by atoms with Crippen molar-refractivity contribution in [1.29, 1.82) is 0 Å². The van der Waals surface area contributed by atoms with Crippen LogP contribution in [-0.2, 0) is 33.4 Å². The Kier molecular flexibility index (Phi) is 12.9. The minimum absolute atomic E-state index is 0.0193. The summed E-state index contributed by atoms with van der Waals surface area (Å²) in [6.07, 6.45) is 2.22. The first-order chi connectivity index (χ1) is 26.6. The SMILES string of the molecule is C=CCCC(=O)N[C@H](COC)[C@H](OC(=O)[C@@H]1[C@H]2O[C@@]3(CC2Br)[C@H](C(=O)N(CC=C)c2ccccc2Cl)N([C@H](CO)c2ccccc2)C(=O)[C@@H]13)c1ccccc1. The zero-order chi connectivity index (χ0) is 39.3. The van der Waals surface area contributed by atoms with Gasteiger partial charge in [0.25, 0.3) is 5.91 Å². The number of para-hydroxylation sites is 1. The highest BCUT2D eigenvalue weighted by molar-refractivity contribution is 9.09. The van der Waals surface area contributed by atoms with Gasteiger partial charge in [-0.1, -0.05) is 112 Å². The van der Waals surface area contributed by atoms with Gasteiger partial charge in [-0.05, 0) is 36.1 Å². The van der Waals surface area contributed by atoms with E-state index < -0.39 is 77.0 Å². The van der Waals surface area contributed by atoms with E-state index in [1.165, 1.54) is 16.9 Å². The number of likely N-dealkylation sites (tertiary alicyclic amines) is 1. The summed E-state index contributed by atoms with van der Waals surface area (Å²) >= 11 is 10.4. The molecule has 3 aliphatic heterocycles. The van der Waals surface area contributed by atoms with E-state index in [0.29, 0.717) is 28.3 Å². The number of amides is 3. The van der Waals surface area contributed by atoms with Crippen molar-refractivity contribution in [2.24, 2.45) is 11.8 Å². The normalized spacial score (nSPS) is 25.4. The maximum atomic E-state index is 15.2. The minimum atomic E-state index is -1.49. The lowest BCUT2D eigenvalue weighted by Gasteiger charge is -2.39. The number of ether oxygens (including phenoxy) is 3. The van der Waals surface area contributed by atoms with Gasteiger partial charge in [-0.25, -0.2) is 0 Å². The van der Waals surface area contributed by atoms with E-state index in [-0.39, 0.29) is 31.9 Å². The Bertz CT molecular complexity index is 1880. The molecule has 3 saturated heterocycles. The molecular weight excluding hydrogens is 790 g/mol. The number of nitrogens with one attached hydrogen (secondary N) is 1. The third-order valence-electron chi connectivity index (χ3n) is 10.7. The fraction of sp³-hybridized carbons (Fsp3) is 0.381. The smallest absolute Gasteiger partial charge is 0.313 e. The Morgan fingerprint density at radius 3 is 2.33 bits per heavy atom. The van der Waals surface area contributed by atoms with Gasteiger partial charge < -0.3 is 34.4 Å². The van der Waals surface area contributed by atoms with Crippen LogP contribution in [0.2, 0.25) is 5.02 Å². The number of esters is 1. The predicted octanol–water partition coefficient (Wildman–Crippen LogP) is 5.72. The molecule has 3 heterocycles. The maximum absolute atomic E-state index is 15.2. The Balaban J connectivity index is 1.43. The molecule has 3 amide bonds. The van der Waals surface area contributed by atoms with Crippen molar-refractivity contribution in [2.75, 3.05) is 31.8 Å². The molecule has 9 atom stereocenters. The fourth-order valence-corrected chi connectivity index (χ4v) is 9.54. The van der Waals surface area contributed by atoms with Crippen molar-refractivity contribution in [3.05, 3.63) is 126 Å². The number of fused-ring (bicyclic) bond motifs is 1. The second-order valence-corrected chi connectivity index (χ2v) is 15.5. The van der Waals surface area contributed by atoms with Crippen LogP contribution in [0.5, 0.6) is 0 Å². The van der Waals surface area contributed by atoms with Crippen LogP contribution in [-0.4, -0.2) is 89.2 Å². The third kappa shape index (κ3) is 7.75. The van der Waals surface area contributed by atoms with Gasteiger partial charge in [0.15, 0.2) is 0 Å². The van der Waals surface area contributed by atoms with E-state index >= 15 is 9.59 Å². The molecule has 290 valence electrons. The van der Waals surface area contributed by atoms with E-state index in [4.69, 9.17) is 25.8 Å². The average molecular weight is 835 g/mol. The lowest BCUT2D eigenvalue weighted by atomic mass is 9.70. The van der Waals surface area contributed by atoms with Crippen LogP contribution in [0.3, 0.4) is 0 Å². The van der Waals surface area contributed by atoms with E-state index in [9.17, 15) is 14.7 Å². The van der Waals surface area contributed by atoms with Crippen LogP contribution in [0, 0.1) is 11.8 Å². The number of allylic oxidation sites excluding steroid dienone is 1. The van der Waals surface area contributed by atoms with Crippen LogP contribution in [0.1, 0.15) is 42.5 Å². The Hall–Kier alpha value is -4.33. The number of carbonyl (C=O) groups is 4. The number of aliphatic hydroxyl groups excluding tert-OH is 1. The van der Waals surface area contributed by atoms with Crippen LogP contribution < -0.4 is 10.2 Å². The Morgan fingerprint density at radius 2 is 1.71 bits per heavy atom. The van der Waals surface area contributed by atoms with Crippen molar-refractivity contribution in [2.45, 2.75) is 60.0 Å². The summed E-state index contributed by atoms with van der Waals surface area (Å²) in [7, 11) is 1.49. The lowest BCUT2D eigenvalue weighted by molar-refractivity contribution is -0.163. The van der Waals surface area contributed by atoms with E-state index in [1.807, 2.05) is 12.1 Å². The monoisotopic (exact) mass is 833 g/mol. The maximum Gasteiger partial charge on any atom is 0.313 e. The third-order valence-corrected chi connectivity index (χ3v) is 11.8. The molecule has 3 aliphatic rings. The molecule has 0 aliphatic carbocycles. The largest absolute Gasteiger partial charge is 0.455 e. The first-order valence-electron chi connectivity index (χ1n) is 18.2. The molecular formula is C42H45BrClN3O8. The van der Waals surface area contributed by atoms with Crippen LogP contribution in [0.15, 0.2) is 110 Å². The number of rotatable bonds is 17. The highest BCUT2D eigenvalue weighted by atomic mass is 79.9. The van der Waals surface area contributed by atoms with Crippen LogP contribution in [0.25, 0.3) is 0 Å². The molecule has 3 aromatic carbocycles. The molecule has 11 nitrogen and oxygen atoms in total.